The topological polar surface area (TPSA) is 40.5 Å². The summed E-state index contributed by atoms with van der Waals surface area (Å²) in [7, 11) is 0. The fraction of sp³-hybridized carbons (Fsp3) is 0.200. The van der Waals surface area contributed by atoms with Crippen LogP contribution < -0.4 is 0 Å². The fourth-order valence-corrected chi connectivity index (χ4v) is 2.05. The number of hydrogen-bond donors (Lipinski definition) is 2. The van der Waals surface area contributed by atoms with Gasteiger partial charge in [-0.25, -0.2) is 0 Å². The molecule has 0 amide bonds. The van der Waals surface area contributed by atoms with Crippen molar-refractivity contribution in [3.8, 4) is 22.6 Å². The Morgan fingerprint density at radius 1 is 0.882 bits per heavy atom. The minimum Gasteiger partial charge on any atom is -0.508 e. The summed E-state index contributed by atoms with van der Waals surface area (Å²) in [5, 5.41) is 19.2. The van der Waals surface area contributed by atoms with E-state index in [9.17, 15) is 10.2 Å². The molecule has 0 saturated heterocycles. The van der Waals surface area contributed by atoms with Crippen LogP contribution in [0.3, 0.4) is 0 Å². The maximum Gasteiger partial charge on any atom is 0.119 e. The monoisotopic (exact) mass is 228 g/mol. The van der Waals surface area contributed by atoms with Crippen LogP contribution in [-0.4, -0.2) is 10.2 Å². The minimum absolute atomic E-state index is 0.250. The Bertz CT molecular complexity index is 513. The molecule has 88 valence electrons. The van der Waals surface area contributed by atoms with E-state index < -0.39 is 0 Å². The van der Waals surface area contributed by atoms with Gasteiger partial charge in [0.2, 0.25) is 0 Å². The average molecular weight is 228 g/mol. The molecule has 0 atom stereocenters. The van der Waals surface area contributed by atoms with Crippen LogP contribution in [0, 0.1) is 0 Å². The second-order valence-electron chi connectivity index (χ2n) is 4.44. The lowest BCUT2D eigenvalue weighted by molar-refractivity contribution is 0.465. The number of phenols is 2. The molecule has 2 aromatic carbocycles. The van der Waals surface area contributed by atoms with Crippen molar-refractivity contribution in [1.82, 2.24) is 0 Å². The highest BCUT2D eigenvalue weighted by atomic mass is 16.3. The summed E-state index contributed by atoms with van der Waals surface area (Å²) in [4.78, 5) is 0. The molecule has 17 heavy (non-hydrogen) atoms. The molecule has 0 aliphatic carbocycles. The molecule has 2 heteroatoms. The molecule has 0 aromatic heterocycles. The lowest BCUT2D eigenvalue weighted by Gasteiger charge is -2.14. The van der Waals surface area contributed by atoms with E-state index in [1.54, 1.807) is 18.2 Å². The summed E-state index contributed by atoms with van der Waals surface area (Å²) < 4.78 is 0. The van der Waals surface area contributed by atoms with Gasteiger partial charge in [0.15, 0.2) is 0 Å². The Labute approximate surface area is 101 Å². The van der Waals surface area contributed by atoms with E-state index >= 15 is 0 Å². The van der Waals surface area contributed by atoms with Crippen molar-refractivity contribution < 1.29 is 10.2 Å². The van der Waals surface area contributed by atoms with E-state index in [2.05, 4.69) is 13.8 Å². The van der Waals surface area contributed by atoms with E-state index in [0.717, 1.165) is 16.7 Å². The lowest BCUT2D eigenvalue weighted by atomic mass is 9.92. The Kier molecular flexibility index (Phi) is 3.05. The van der Waals surface area contributed by atoms with Gasteiger partial charge < -0.3 is 10.2 Å². The molecular formula is C15H16O2. The normalized spacial score (nSPS) is 10.8. The van der Waals surface area contributed by atoms with Gasteiger partial charge in [0.1, 0.15) is 11.5 Å². The highest BCUT2D eigenvalue weighted by Crippen LogP contribution is 2.35. The van der Waals surface area contributed by atoms with Crippen molar-refractivity contribution in [2.24, 2.45) is 0 Å². The van der Waals surface area contributed by atoms with Gasteiger partial charge in [-0.2, -0.15) is 0 Å². The van der Waals surface area contributed by atoms with E-state index in [1.165, 1.54) is 0 Å². The molecule has 0 spiro atoms. The minimum atomic E-state index is 0.250. The van der Waals surface area contributed by atoms with Gasteiger partial charge in [0.25, 0.3) is 0 Å². The third-order valence-electron chi connectivity index (χ3n) is 2.84. The Balaban J connectivity index is 2.59. The van der Waals surface area contributed by atoms with Gasteiger partial charge in [-0.1, -0.05) is 38.1 Å². The lowest BCUT2D eigenvalue weighted by Crippen LogP contribution is -1.93. The number of hydrogen-bond acceptors (Lipinski definition) is 2. The summed E-state index contributed by atoms with van der Waals surface area (Å²) >= 11 is 0. The molecule has 2 aromatic rings. The smallest absolute Gasteiger partial charge is 0.119 e. The molecule has 0 heterocycles. The molecule has 0 fully saturated rings. The number of rotatable bonds is 2. The van der Waals surface area contributed by atoms with Crippen LogP contribution in [0.15, 0.2) is 42.5 Å². The predicted octanol–water partition coefficient (Wildman–Crippen LogP) is 3.89. The highest BCUT2D eigenvalue weighted by molar-refractivity contribution is 5.71. The SMILES string of the molecule is CC(C)c1c(O)cccc1-c1ccc(O)cc1. The molecule has 0 bridgehead atoms. The van der Waals surface area contributed by atoms with E-state index in [4.69, 9.17) is 0 Å². The van der Waals surface area contributed by atoms with Gasteiger partial charge >= 0.3 is 0 Å². The van der Waals surface area contributed by atoms with Gasteiger partial charge in [-0.05, 0) is 35.2 Å². The molecule has 0 aliphatic rings. The molecule has 0 aliphatic heterocycles. The summed E-state index contributed by atoms with van der Waals surface area (Å²) in [6.07, 6.45) is 0. The standard InChI is InChI=1S/C15H16O2/c1-10(2)15-13(4-3-5-14(15)17)11-6-8-12(16)9-7-11/h3-10,16-17H,1-2H3. The Morgan fingerprint density at radius 2 is 1.53 bits per heavy atom. The maximum atomic E-state index is 9.93. The van der Waals surface area contributed by atoms with E-state index in [-0.39, 0.29) is 11.7 Å². The molecule has 0 saturated carbocycles. The zero-order valence-corrected chi connectivity index (χ0v) is 10.0. The fourth-order valence-electron chi connectivity index (χ4n) is 2.05. The van der Waals surface area contributed by atoms with Gasteiger partial charge in [-0.3, -0.25) is 0 Å². The largest absolute Gasteiger partial charge is 0.508 e. The van der Waals surface area contributed by atoms with Gasteiger partial charge in [0.05, 0.1) is 0 Å². The first-order valence-electron chi connectivity index (χ1n) is 5.71. The summed E-state index contributed by atoms with van der Waals surface area (Å²) in [6, 6.07) is 12.6. The van der Waals surface area contributed by atoms with Crippen LogP contribution in [0.2, 0.25) is 0 Å². The third kappa shape index (κ3) is 2.26. The number of benzene rings is 2. The van der Waals surface area contributed by atoms with Crippen molar-refractivity contribution in [1.29, 1.82) is 0 Å². The Hall–Kier alpha value is -1.96. The maximum absolute atomic E-state index is 9.93. The van der Waals surface area contributed by atoms with Crippen molar-refractivity contribution >= 4 is 0 Å². The first kappa shape index (κ1) is 11.5. The summed E-state index contributed by atoms with van der Waals surface area (Å²) in [5.41, 5.74) is 2.96. The quantitative estimate of drug-likeness (QED) is 0.818. The van der Waals surface area contributed by atoms with Crippen LogP contribution in [-0.2, 0) is 0 Å². The Morgan fingerprint density at radius 3 is 2.12 bits per heavy atom. The zero-order valence-electron chi connectivity index (χ0n) is 10.0. The predicted molar refractivity (Wildman–Crippen MR) is 69.3 cm³/mol. The van der Waals surface area contributed by atoms with Crippen LogP contribution in [0.25, 0.3) is 11.1 Å². The van der Waals surface area contributed by atoms with Crippen LogP contribution in [0.4, 0.5) is 0 Å². The second-order valence-corrected chi connectivity index (χ2v) is 4.44. The van der Waals surface area contributed by atoms with Crippen molar-refractivity contribution in [2.45, 2.75) is 19.8 Å². The molecule has 2 nitrogen and oxygen atoms in total. The molecular weight excluding hydrogens is 212 g/mol. The first-order chi connectivity index (χ1) is 8.09. The summed E-state index contributed by atoms with van der Waals surface area (Å²) in [5.74, 6) is 0.825. The third-order valence-corrected chi connectivity index (χ3v) is 2.84. The van der Waals surface area contributed by atoms with Crippen LogP contribution in [0.1, 0.15) is 25.3 Å². The van der Waals surface area contributed by atoms with Crippen LogP contribution in [0.5, 0.6) is 11.5 Å². The molecule has 0 unspecified atom stereocenters. The van der Waals surface area contributed by atoms with E-state index in [0.29, 0.717) is 5.75 Å². The molecule has 2 rings (SSSR count). The van der Waals surface area contributed by atoms with Crippen molar-refractivity contribution in [2.75, 3.05) is 0 Å². The van der Waals surface area contributed by atoms with Crippen molar-refractivity contribution in [3.05, 3.63) is 48.0 Å². The zero-order chi connectivity index (χ0) is 12.4. The molecule has 0 radical (unpaired) electrons. The highest BCUT2D eigenvalue weighted by Gasteiger charge is 2.12. The summed E-state index contributed by atoms with van der Waals surface area (Å²) in [6.45, 7) is 4.11. The second kappa shape index (κ2) is 4.50. The van der Waals surface area contributed by atoms with Crippen molar-refractivity contribution in [3.63, 3.8) is 0 Å². The first-order valence-corrected chi connectivity index (χ1v) is 5.71. The van der Waals surface area contributed by atoms with Crippen LogP contribution >= 0.6 is 0 Å². The number of aromatic hydroxyl groups is 2. The number of phenolic OH excluding ortho intramolecular Hbond substituents is 2. The van der Waals surface area contributed by atoms with E-state index in [1.807, 2.05) is 24.3 Å². The van der Waals surface area contributed by atoms with Gasteiger partial charge in [0, 0.05) is 5.56 Å². The van der Waals surface area contributed by atoms with Gasteiger partial charge in [-0.15, -0.1) is 0 Å². The average Bonchev–Trinajstić information content (AvgIpc) is 2.29. The molecule has 2 N–H and O–H groups in total.